The number of hydrogen-bond donors (Lipinski definition) is 1. The summed E-state index contributed by atoms with van der Waals surface area (Å²) in [5.41, 5.74) is -0.179. The first-order chi connectivity index (χ1) is 14.2. The van der Waals surface area contributed by atoms with Gasteiger partial charge < -0.3 is 19.7 Å². The van der Waals surface area contributed by atoms with Crippen LogP contribution in [0.1, 0.15) is 52.0 Å². The molecule has 3 heterocycles. The molecule has 0 radical (unpaired) electrons. The Morgan fingerprint density at radius 2 is 1.93 bits per heavy atom. The van der Waals surface area contributed by atoms with Gasteiger partial charge in [0.2, 0.25) is 11.8 Å². The number of halogens is 1. The van der Waals surface area contributed by atoms with Gasteiger partial charge in [-0.15, -0.1) is 0 Å². The molecule has 1 atom stereocenters. The minimum atomic E-state index is -0.631. The number of rotatable bonds is 5. The van der Waals surface area contributed by atoms with Crippen LogP contribution in [0.15, 0.2) is 6.07 Å². The van der Waals surface area contributed by atoms with Crippen molar-refractivity contribution >= 4 is 17.8 Å². The quantitative estimate of drug-likeness (QED) is 0.786. The van der Waals surface area contributed by atoms with Gasteiger partial charge in [0, 0.05) is 31.7 Å². The van der Waals surface area contributed by atoms with Crippen molar-refractivity contribution in [2.45, 2.75) is 64.6 Å². The Morgan fingerprint density at radius 3 is 2.57 bits per heavy atom. The number of ether oxygens (including phenoxy) is 2. The van der Waals surface area contributed by atoms with Crippen molar-refractivity contribution in [1.82, 2.24) is 15.2 Å². The number of hydrogen-bond acceptors (Lipinski definition) is 6. The van der Waals surface area contributed by atoms with E-state index in [2.05, 4.69) is 10.3 Å². The molecule has 0 spiro atoms. The molecule has 2 amide bonds. The fraction of sp³-hybridized carbons (Fsp3) is 0.667. The third-order valence-corrected chi connectivity index (χ3v) is 5.23. The predicted octanol–water partition coefficient (Wildman–Crippen LogP) is 2.85. The summed E-state index contributed by atoms with van der Waals surface area (Å²) in [7, 11) is 1.47. The van der Waals surface area contributed by atoms with E-state index in [0.717, 1.165) is 32.4 Å². The normalized spacial score (nSPS) is 19.2. The summed E-state index contributed by atoms with van der Waals surface area (Å²) in [6, 6.07) is 0.757. The second kappa shape index (κ2) is 9.06. The molecule has 0 saturated carbocycles. The van der Waals surface area contributed by atoms with Crippen LogP contribution in [0.5, 0.6) is 5.88 Å². The Labute approximate surface area is 176 Å². The van der Waals surface area contributed by atoms with Crippen LogP contribution < -0.4 is 15.0 Å². The van der Waals surface area contributed by atoms with Crippen LogP contribution in [-0.4, -0.2) is 60.3 Å². The molecular weight excluding hydrogens is 391 g/mol. The number of carbonyl (C=O) groups is 2. The number of anilines is 1. The second-order valence-corrected chi connectivity index (χ2v) is 8.71. The molecule has 2 fully saturated rings. The lowest BCUT2D eigenvalue weighted by Gasteiger charge is -2.28. The number of methoxy groups -OCH3 is 1. The molecule has 166 valence electrons. The average Bonchev–Trinajstić information content (AvgIpc) is 3.36. The van der Waals surface area contributed by atoms with E-state index in [0.29, 0.717) is 18.5 Å². The lowest BCUT2D eigenvalue weighted by atomic mass is 10.2. The lowest BCUT2D eigenvalue weighted by molar-refractivity contribution is -0.125. The Balaban J connectivity index is 1.66. The molecule has 9 heteroatoms. The van der Waals surface area contributed by atoms with Crippen molar-refractivity contribution in [2.24, 2.45) is 0 Å². The second-order valence-electron chi connectivity index (χ2n) is 8.71. The van der Waals surface area contributed by atoms with Crippen LogP contribution in [0.4, 0.5) is 15.0 Å². The molecule has 1 N–H and O–H groups in total. The number of amides is 2. The minimum absolute atomic E-state index is 0.0604. The Morgan fingerprint density at radius 1 is 1.23 bits per heavy atom. The third-order valence-electron chi connectivity index (χ3n) is 5.23. The fourth-order valence-corrected chi connectivity index (χ4v) is 3.83. The standard InChI is InChI=1S/C21H31FN4O4/c1-21(2,3)30-20(28)26-11-7-8-16(26)18(27)23-13-14-12-15(22)17(24-19(14)29-4)25-9-5-6-10-25/h12,16H,5-11,13H2,1-4H3,(H,23,27)/t16-/m0/s1. The van der Waals surface area contributed by atoms with Crippen LogP contribution in [0, 0.1) is 5.82 Å². The van der Waals surface area contributed by atoms with Gasteiger partial charge in [0.05, 0.1) is 7.11 Å². The lowest BCUT2D eigenvalue weighted by Crippen LogP contribution is -2.47. The van der Waals surface area contributed by atoms with Crippen LogP contribution in [0.25, 0.3) is 0 Å². The third kappa shape index (κ3) is 5.12. The number of likely N-dealkylation sites (tertiary alicyclic amines) is 1. The summed E-state index contributed by atoms with van der Waals surface area (Å²) < 4.78 is 25.4. The fourth-order valence-electron chi connectivity index (χ4n) is 3.83. The maximum atomic E-state index is 14.6. The van der Waals surface area contributed by atoms with Gasteiger partial charge in [0.25, 0.3) is 0 Å². The number of aromatic nitrogens is 1. The van der Waals surface area contributed by atoms with Crippen LogP contribution in [0.2, 0.25) is 0 Å². The maximum absolute atomic E-state index is 14.6. The van der Waals surface area contributed by atoms with Crippen LogP contribution in [0.3, 0.4) is 0 Å². The monoisotopic (exact) mass is 422 g/mol. The van der Waals surface area contributed by atoms with Crippen molar-refractivity contribution < 1.29 is 23.5 Å². The average molecular weight is 423 g/mol. The molecule has 2 aliphatic heterocycles. The van der Waals surface area contributed by atoms with E-state index in [-0.39, 0.29) is 24.1 Å². The van der Waals surface area contributed by atoms with Crippen LogP contribution in [-0.2, 0) is 16.1 Å². The van der Waals surface area contributed by atoms with Crippen LogP contribution >= 0.6 is 0 Å². The van der Waals surface area contributed by atoms with E-state index in [4.69, 9.17) is 9.47 Å². The highest BCUT2D eigenvalue weighted by Crippen LogP contribution is 2.27. The maximum Gasteiger partial charge on any atom is 0.410 e. The van der Waals surface area contributed by atoms with Crippen molar-refractivity contribution in [2.75, 3.05) is 31.6 Å². The number of pyridine rings is 1. The van der Waals surface area contributed by atoms with E-state index < -0.39 is 23.6 Å². The van der Waals surface area contributed by atoms with Crippen molar-refractivity contribution in [1.29, 1.82) is 0 Å². The molecule has 2 aliphatic rings. The first-order valence-corrected chi connectivity index (χ1v) is 10.5. The van der Waals surface area contributed by atoms with Gasteiger partial charge in [-0.2, -0.15) is 4.98 Å². The van der Waals surface area contributed by atoms with Gasteiger partial charge in [-0.1, -0.05) is 0 Å². The van der Waals surface area contributed by atoms with Gasteiger partial charge in [-0.05, 0) is 52.5 Å². The summed E-state index contributed by atoms with van der Waals surface area (Å²) >= 11 is 0. The van der Waals surface area contributed by atoms with Gasteiger partial charge in [-0.3, -0.25) is 9.69 Å². The smallest absolute Gasteiger partial charge is 0.410 e. The Hall–Kier alpha value is -2.58. The zero-order valence-corrected chi connectivity index (χ0v) is 18.2. The molecule has 0 unspecified atom stereocenters. The van der Waals surface area contributed by atoms with E-state index in [9.17, 15) is 14.0 Å². The summed E-state index contributed by atoms with van der Waals surface area (Å²) in [5.74, 6) is -0.164. The van der Waals surface area contributed by atoms with E-state index in [1.54, 1.807) is 20.8 Å². The van der Waals surface area contributed by atoms with E-state index in [1.165, 1.54) is 18.1 Å². The Bertz CT molecular complexity index is 790. The first kappa shape index (κ1) is 22.1. The molecule has 0 bridgehead atoms. The number of nitrogens with one attached hydrogen (secondary N) is 1. The van der Waals surface area contributed by atoms with Gasteiger partial charge >= 0.3 is 6.09 Å². The zero-order valence-electron chi connectivity index (χ0n) is 18.2. The number of nitrogens with zero attached hydrogens (tertiary/aromatic N) is 3. The largest absolute Gasteiger partial charge is 0.481 e. The zero-order chi connectivity index (χ0) is 21.9. The molecule has 3 rings (SSSR count). The molecule has 30 heavy (non-hydrogen) atoms. The molecule has 1 aromatic heterocycles. The van der Waals surface area contributed by atoms with Crippen molar-refractivity contribution in [3.63, 3.8) is 0 Å². The summed E-state index contributed by atoms with van der Waals surface area (Å²) in [6.07, 6.45) is 2.80. The van der Waals surface area contributed by atoms with Crippen molar-refractivity contribution in [3.8, 4) is 5.88 Å². The molecule has 0 aromatic carbocycles. The van der Waals surface area contributed by atoms with E-state index >= 15 is 0 Å². The van der Waals surface area contributed by atoms with Gasteiger partial charge in [-0.25, -0.2) is 9.18 Å². The van der Waals surface area contributed by atoms with Crippen molar-refractivity contribution in [3.05, 3.63) is 17.4 Å². The van der Waals surface area contributed by atoms with Gasteiger partial charge in [0.15, 0.2) is 11.6 Å². The topological polar surface area (TPSA) is 84.0 Å². The predicted molar refractivity (Wildman–Crippen MR) is 110 cm³/mol. The molecule has 2 saturated heterocycles. The highest BCUT2D eigenvalue weighted by molar-refractivity contribution is 5.86. The summed E-state index contributed by atoms with van der Waals surface area (Å²) in [5, 5.41) is 2.79. The summed E-state index contributed by atoms with van der Waals surface area (Å²) in [6.45, 7) is 7.43. The molecule has 0 aliphatic carbocycles. The summed E-state index contributed by atoms with van der Waals surface area (Å²) in [4.78, 5) is 32.8. The van der Waals surface area contributed by atoms with Gasteiger partial charge in [0.1, 0.15) is 11.6 Å². The highest BCUT2D eigenvalue weighted by atomic mass is 19.1. The number of carbonyl (C=O) groups excluding carboxylic acids is 2. The molecule has 1 aromatic rings. The SMILES string of the molecule is COc1nc(N2CCCC2)c(F)cc1CNC(=O)[C@@H]1CCCN1C(=O)OC(C)(C)C. The minimum Gasteiger partial charge on any atom is -0.481 e. The Kier molecular flexibility index (Phi) is 6.67. The molecular formula is C21H31FN4O4. The first-order valence-electron chi connectivity index (χ1n) is 10.5. The molecule has 8 nitrogen and oxygen atoms in total. The van der Waals surface area contributed by atoms with E-state index in [1.807, 2.05) is 4.90 Å². The highest BCUT2D eigenvalue weighted by Gasteiger charge is 2.36.